The Morgan fingerprint density at radius 2 is 1.95 bits per heavy atom. The predicted molar refractivity (Wildman–Crippen MR) is 79.0 cm³/mol. The molecule has 1 aliphatic carbocycles. The van der Waals surface area contributed by atoms with E-state index < -0.39 is 0 Å². The SMILES string of the molecule is C/C(=C\NC(=O)Nc1ccc(C#N)cc1)C1CCCC1. The molecule has 20 heavy (non-hydrogen) atoms. The second-order valence-corrected chi connectivity index (χ2v) is 5.16. The minimum Gasteiger partial charge on any atom is -0.314 e. The molecule has 0 spiro atoms. The van der Waals surface area contributed by atoms with Crippen LogP contribution in [0.25, 0.3) is 0 Å². The zero-order chi connectivity index (χ0) is 14.4. The summed E-state index contributed by atoms with van der Waals surface area (Å²) in [5.74, 6) is 0.616. The van der Waals surface area contributed by atoms with E-state index in [4.69, 9.17) is 5.26 Å². The van der Waals surface area contributed by atoms with Crippen LogP contribution in [0, 0.1) is 17.2 Å². The van der Waals surface area contributed by atoms with Crippen molar-refractivity contribution >= 4 is 11.7 Å². The van der Waals surface area contributed by atoms with Gasteiger partial charge in [-0.05, 0) is 49.9 Å². The third-order valence-electron chi connectivity index (χ3n) is 3.70. The Balaban J connectivity index is 1.85. The van der Waals surface area contributed by atoms with Crippen LogP contribution < -0.4 is 10.6 Å². The van der Waals surface area contributed by atoms with Gasteiger partial charge in [-0.2, -0.15) is 5.26 Å². The average molecular weight is 269 g/mol. The highest BCUT2D eigenvalue weighted by Gasteiger charge is 2.16. The second-order valence-electron chi connectivity index (χ2n) is 5.16. The van der Waals surface area contributed by atoms with Gasteiger partial charge in [0.1, 0.15) is 0 Å². The van der Waals surface area contributed by atoms with Gasteiger partial charge < -0.3 is 10.6 Å². The molecule has 0 aromatic heterocycles. The van der Waals surface area contributed by atoms with Crippen LogP contribution in [0.1, 0.15) is 38.2 Å². The average Bonchev–Trinajstić information content (AvgIpc) is 3.00. The van der Waals surface area contributed by atoms with Crippen LogP contribution in [0.15, 0.2) is 36.0 Å². The highest BCUT2D eigenvalue weighted by molar-refractivity contribution is 5.89. The maximum Gasteiger partial charge on any atom is 0.323 e. The fourth-order valence-electron chi connectivity index (χ4n) is 2.47. The predicted octanol–water partition coefficient (Wildman–Crippen LogP) is 3.77. The standard InChI is InChI=1S/C16H19N3O/c1-12(14-4-2-3-5-14)11-18-16(20)19-15-8-6-13(10-17)7-9-15/h6-9,11,14H,2-5H2,1H3,(H2,18,19,20)/b12-11+. The zero-order valence-corrected chi connectivity index (χ0v) is 11.6. The van der Waals surface area contributed by atoms with Crippen molar-refractivity contribution in [1.29, 1.82) is 5.26 Å². The first-order valence-electron chi connectivity index (χ1n) is 6.93. The molecule has 4 heteroatoms. The number of urea groups is 1. The maximum atomic E-state index is 11.8. The van der Waals surface area contributed by atoms with Crippen molar-refractivity contribution in [3.8, 4) is 6.07 Å². The lowest BCUT2D eigenvalue weighted by molar-refractivity contribution is 0.255. The Morgan fingerprint density at radius 3 is 2.55 bits per heavy atom. The second kappa shape index (κ2) is 6.76. The van der Waals surface area contributed by atoms with Crippen LogP contribution in [0.2, 0.25) is 0 Å². The van der Waals surface area contributed by atoms with E-state index in [2.05, 4.69) is 17.6 Å². The number of allylic oxidation sites excluding steroid dienone is 1. The number of rotatable bonds is 3. The molecule has 4 nitrogen and oxygen atoms in total. The molecular formula is C16H19N3O. The summed E-state index contributed by atoms with van der Waals surface area (Å²) in [5.41, 5.74) is 2.49. The number of nitrogens with zero attached hydrogens (tertiary/aromatic N) is 1. The lowest BCUT2D eigenvalue weighted by atomic mass is 10.0. The van der Waals surface area contributed by atoms with Gasteiger partial charge in [0, 0.05) is 11.9 Å². The normalized spacial score (nSPS) is 15.7. The molecule has 1 aromatic carbocycles. The fraction of sp³-hybridized carbons (Fsp3) is 0.375. The van der Waals surface area contributed by atoms with E-state index in [-0.39, 0.29) is 6.03 Å². The van der Waals surface area contributed by atoms with Gasteiger partial charge in [-0.15, -0.1) is 0 Å². The van der Waals surface area contributed by atoms with Crippen molar-refractivity contribution in [3.05, 3.63) is 41.6 Å². The first kappa shape index (κ1) is 14.1. The molecular weight excluding hydrogens is 250 g/mol. The lowest BCUT2D eigenvalue weighted by Crippen LogP contribution is -2.24. The molecule has 0 saturated heterocycles. The summed E-state index contributed by atoms with van der Waals surface area (Å²) >= 11 is 0. The summed E-state index contributed by atoms with van der Waals surface area (Å²) in [7, 11) is 0. The highest BCUT2D eigenvalue weighted by atomic mass is 16.2. The van der Waals surface area contributed by atoms with E-state index in [0.29, 0.717) is 17.2 Å². The van der Waals surface area contributed by atoms with Crippen LogP contribution in [-0.4, -0.2) is 6.03 Å². The van der Waals surface area contributed by atoms with E-state index >= 15 is 0 Å². The molecule has 1 aromatic rings. The quantitative estimate of drug-likeness (QED) is 0.877. The van der Waals surface area contributed by atoms with E-state index in [9.17, 15) is 4.79 Å². The van der Waals surface area contributed by atoms with Crippen molar-refractivity contribution in [3.63, 3.8) is 0 Å². The topological polar surface area (TPSA) is 64.9 Å². The van der Waals surface area contributed by atoms with Crippen LogP contribution in [0.5, 0.6) is 0 Å². The molecule has 2 rings (SSSR count). The number of benzene rings is 1. The van der Waals surface area contributed by atoms with Crippen LogP contribution in [-0.2, 0) is 0 Å². The number of amides is 2. The zero-order valence-electron chi connectivity index (χ0n) is 11.6. The molecule has 0 unspecified atom stereocenters. The molecule has 0 aliphatic heterocycles. The summed E-state index contributed by atoms with van der Waals surface area (Å²) in [4.78, 5) is 11.8. The Kier molecular flexibility index (Phi) is 4.78. The molecule has 0 bridgehead atoms. The van der Waals surface area contributed by atoms with Gasteiger partial charge in [-0.25, -0.2) is 4.79 Å². The van der Waals surface area contributed by atoms with Gasteiger partial charge in [0.05, 0.1) is 11.6 Å². The van der Waals surface area contributed by atoms with Crippen molar-refractivity contribution in [2.45, 2.75) is 32.6 Å². The number of carbonyl (C=O) groups excluding carboxylic acids is 1. The van der Waals surface area contributed by atoms with E-state index in [0.717, 1.165) is 0 Å². The maximum absolute atomic E-state index is 11.8. The van der Waals surface area contributed by atoms with Crippen molar-refractivity contribution in [2.75, 3.05) is 5.32 Å². The number of hydrogen-bond donors (Lipinski definition) is 2. The molecule has 2 amide bonds. The van der Waals surface area contributed by atoms with Gasteiger partial charge in [-0.3, -0.25) is 0 Å². The Morgan fingerprint density at radius 1 is 1.30 bits per heavy atom. The van der Waals surface area contributed by atoms with E-state index in [1.54, 1.807) is 30.5 Å². The van der Waals surface area contributed by atoms with Gasteiger partial charge >= 0.3 is 6.03 Å². The summed E-state index contributed by atoms with van der Waals surface area (Å²) in [5, 5.41) is 14.2. The van der Waals surface area contributed by atoms with Gasteiger partial charge in [0.15, 0.2) is 0 Å². The Hall–Kier alpha value is -2.28. The highest BCUT2D eigenvalue weighted by Crippen LogP contribution is 2.30. The van der Waals surface area contributed by atoms with Crippen LogP contribution in [0.4, 0.5) is 10.5 Å². The summed E-state index contributed by atoms with van der Waals surface area (Å²) in [6.07, 6.45) is 6.82. The minimum absolute atomic E-state index is 0.257. The van der Waals surface area contributed by atoms with Crippen molar-refractivity contribution in [2.24, 2.45) is 5.92 Å². The third-order valence-corrected chi connectivity index (χ3v) is 3.70. The number of hydrogen-bond acceptors (Lipinski definition) is 2. The number of anilines is 1. The minimum atomic E-state index is -0.257. The first-order valence-corrected chi connectivity index (χ1v) is 6.93. The van der Waals surface area contributed by atoms with Crippen molar-refractivity contribution < 1.29 is 4.79 Å². The smallest absolute Gasteiger partial charge is 0.314 e. The molecule has 0 radical (unpaired) electrons. The first-order chi connectivity index (χ1) is 9.69. The molecule has 1 fully saturated rings. The summed E-state index contributed by atoms with van der Waals surface area (Å²) in [6, 6.07) is 8.56. The van der Waals surface area contributed by atoms with Crippen molar-refractivity contribution in [1.82, 2.24) is 5.32 Å². The molecule has 104 valence electrons. The molecule has 2 N–H and O–H groups in total. The summed E-state index contributed by atoms with van der Waals surface area (Å²) in [6.45, 7) is 2.07. The summed E-state index contributed by atoms with van der Waals surface area (Å²) < 4.78 is 0. The van der Waals surface area contributed by atoms with Crippen LogP contribution in [0.3, 0.4) is 0 Å². The molecule has 1 aliphatic rings. The van der Waals surface area contributed by atoms with Gasteiger partial charge in [0.25, 0.3) is 0 Å². The van der Waals surface area contributed by atoms with E-state index in [1.807, 2.05) is 6.07 Å². The number of carbonyl (C=O) groups is 1. The number of nitrogens with one attached hydrogen (secondary N) is 2. The lowest BCUT2D eigenvalue weighted by Gasteiger charge is -2.10. The monoisotopic (exact) mass is 269 g/mol. The molecule has 0 heterocycles. The van der Waals surface area contributed by atoms with Gasteiger partial charge in [0.2, 0.25) is 0 Å². The fourth-order valence-corrected chi connectivity index (χ4v) is 2.47. The van der Waals surface area contributed by atoms with E-state index in [1.165, 1.54) is 31.3 Å². The molecule has 0 atom stereocenters. The number of nitriles is 1. The Bertz CT molecular complexity index is 534. The third kappa shape index (κ3) is 3.86. The van der Waals surface area contributed by atoms with Crippen LogP contribution >= 0.6 is 0 Å². The Labute approximate surface area is 119 Å². The largest absolute Gasteiger partial charge is 0.323 e. The van der Waals surface area contributed by atoms with Gasteiger partial charge in [-0.1, -0.05) is 18.4 Å². The molecule has 1 saturated carbocycles.